The Labute approximate surface area is 102 Å². The Kier molecular flexibility index (Phi) is 2.24. The van der Waals surface area contributed by atoms with Crippen LogP contribution in [0.4, 0.5) is 0 Å². The SMILES string of the molecule is N/N=C1/CCCc2c1[nH]c1ccc(Br)cc21. The molecule has 2 aromatic rings. The van der Waals surface area contributed by atoms with Crippen LogP contribution >= 0.6 is 15.9 Å². The van der Waals surface area contributed by atoms with Crippen molar-refractivity contribution in [1.82, 2.24) is 4.98 Å². The molecule has 3 rings (SSSR count). The van der Waals surface area contributed by atoms with Gasteiger partial charge in [-0.1, -0.05) is 15.9 Å². The van der Waals surface area contributed by atoms with Crippen LogP contribution in [0.25, 0.3) is 10.9 Å². The molecule has 0 bridgehead atoms. The van der Waals surface area contributed by atoms with E-state index in [-0.39, 0.29) is 0 Å². The van der Waals surface area contributed by atoms with E-state index in [0.717, 1.165) is 40.7 Å². The molecule has 16 heavy (non-hydrogen) atoms. The number of hydrogen-bond acceptors (Lipinski definition) is 2. The number of hydrogen-bond donors (Lipinski definition) is 2. The Morgan fingerprint density at radius 2 is 2.19 bits per heavy atom. The molecule has 1 aromatic carbocycles. The number of H-pyrrole nitrogens is 1. The van der Waals surface area contributed by atoms with Crippen LogP contribution in [-0.4, -0.2) is 10.7 Å². The summed E-state index contributed by atoms with van der Waals surface area (Å²) in [5.74, 6) is 5.43. The van der Waals surface area contributed by atoms with Gasteiger partial charge >= 0.3 is 0 Å². The van der Waals surface area contributed by atoms with Crippen molar-refractivity contribution >= 4 is 32.5 Å². The molecular weight excluding hydrogens is 266 g/mol. The quantitative estimate of drug-likeness (QED) is 0.565. The number of aromatic amines is 1. The van der Waals surface area contributed by atoms with Crippen molar-refractivity contribution < 1.29 is 0 Å². The van der Waals surface area contributed by atoms with Gasteiger partial charge in [-0.05, 0) is 43.0 Å². The topological polar surface area (TPSA) is 54.2 Å². The molecule has 3 nitrogen and oxygen atoms in total. The molecule has 0 amide bonds. The van der Waals surface area contributed by atoms with E-state index >= 15 is 0 Å². The maximum absolute atomic E-state index is 5.43. The molecule has 0 saturated carbocycles. The molecule has 4 heteroatoms. The largest absolute Gasteiger partial charge is 0.353 e. The highest BCUT2D eigenvalue weighted by Gasteiger charge is 2.20. The average molecular weight is 278 g/mol. The fraction of sp³-hybridized carbons (Fsp3) is 0.250. The highest BCUT2D eigenvalue weighted by Crippen LogP contribution is 2.30. The lowest BCUT2D eigenvalue weighted by atomic mass is 9.94. The Morgan fingerprint density at radius 1 is 1.31 bits per heavy atom. The summed E-state index contributed by atoms with van der Waals surface area (Å²) in [5, 5.41) is 5.16. The number of nitrogens with one attached hydrogen (secondary N) is 1. The van der Waals surface area contributed by atoms with Crippen LogP contribution in [0.2, 0.25) is 0 Å². The van der Waals surface area contributed by atoms with E-state index in [2.05, 4.69) is 38.1 Å². The van der Waals surface area contributed by atoms with Gasteiger partial charge in [0.05, 0.1) is 11.4 Å². The number of aryl methyl sites for hydroxylation is 1. The molecule has 0 unspecified atom stereocenters. The third kappa shape index (κ3) is 1.37. The second-order valence-corrected chi connectivity index (χ2v) is 5.01. The third-order valence-electron chi connectivity index (χ3n) is 3.15. The molecule has 3 N–H and O–H groups in total. The summed E-state index contributed by atoms with van der Waals surface area (Å²) in [6.45, 7) is 0. The van der Waals surface area contributed by atoms with E-state index < -0.39 is 0 Å². The van der Waals surface area contributed by atoms with E-state index in [0.29, 0.717) is 0 Å². The van der Waals surface area contributed by atoms with Crippen LogP contribution in [0.15, 0.2) is 27.8 Å². The fourth-order valence-electron chi connectivity index (χ4n) is 2.41. The second kappa shape index (κ2) is 3.63. The smallest absolute Gasteiger partial charge is 0.0837 e. The van der Waals surface area contributed by atoms with Gasteiger partial charge in [-0.3, -0.25) is 0 Å². The first-order valence-electron chi connectivity index (χ1n) is 5.37. The Hall–Kier alpha value is -1.29. The van der Waals surface area contributed by atoms with Crippen LogP contribution in [-0.2, 0) is 6.42 Å². The van der Waals surface area contributed by atoms with E-state index in [1.54, 1.807) is 0 Å². The first-order chi connectivity index (χ1) is 7.79. The number of aromatic nitrogens is 1. The van der Waals surface area contributed by atoms with E-state index in [9.17, 15) is 0 Å². The molecule has 0 atom stereocenters. The van der Waals surface area contributed by atoms with E-state index in [4.69, 9.17) is 5.84 Å². The molecular formula is C12H12BrN3. The highest BCUT2D eigenvalue weighted by molar-refractivity contribution is 9.10. The number of fused-ring (bicyclic) bond motifs is 3. The van der Waals surface area contributed by atoms with Crippen LogP contribution in [0, 0.1) is 0 Å². The minimum atomic E-state index is 0.970. The number of hydrazone groups is 1. The molecule has 0 spiro atoms. The molecule has 1 heterocycles. The summed E-state index contributed by atoms with van der Waals surface area (Å²) in [5.41, 5.74) is 4.64. The highest BCUT2D eigenvalue weighted by atomic mass is 79.9. The second-order valence-electron chi connectivity index (χ2n) is 4.10. The zero-order valence-electron chi connectivity index (χ0n) is 8.76. The summed E-state index contributed by atoms with van der Waals surface area (Å²) in [6.07, 6.45) is 3.20. The van der Waals surface area contributed by atoms with Crippen molar-refractivity contribution in [1.29, 1.82) is 0 Å². The lowest BCUT2D eigenvalue weighted by Gasteiger charge is -2.12. The summed E-state index contributed by atoms with van der Waals surface area (Å²) >= 11 is 3.51. The van der Waals surface area contributed by atoms with Gasteiger partial charge in [-0.2, -0.15) is 5.10 Å². The van der Waals surface area contributed by atoms with Gasteiger partial charge in [0.1, 0.15) is 0 Å². The molecule has 82 valence electrons. The number of nitrogens with zero attached hydrogens (tertiary/aromatic N) is 1. The monoisotopic (exact) mass is 277 g/mol. The minimum Gasteiger partial charge on any atom is -0.353 e. The lowest BCUT2D eigenvalue weighted by molar-refractivity contribution is 0.837. The van der Waals surface area contributed by atoms with Crippen molar-refractivity contribution in [2.75, 3.05) is 0 Å². The summed E-state index contributed by atoms with van der Waals surface area (Å²) in [4.78, 5) is 3.41. The Morgan fingerprint density at radius 3 is 3.00 bits per heavy atom. The number of nitrogens with two attached hydrogens (primary N) is 1. The fourth-order valence-corrected chi connectivity index (χ4v) is 2.77. The zero-order chi connectivity index (χ0) is 11.1. The van der Waals surface area contributed by atoms with Crippen LogP contribution in [0.5, 0.6) is 0 Å². The van der Waals surface area contributed by atoms with Gasteiger partial charge < -0.3 is 10.8 Å². The average Bonchev–Trinajstić information content (AvgIpc) is 2.67. The van der Waals surface area contributed by atoms with Crippen molar-refractivity contribution in [3.63, 3.8) is 0 Å². The predicted octanol–water partition coefficient (Wildman–Crippen LogP) is 2.93. The first-order valence-corrected chi connectivity index (χ1v) is 6.16. The van der Waals surface area contributed by atoms with Gasteiger partial charge in [0, 0.05) is 15.4 Å². The number of rotatable bonds is 0. The van der Waals surface area contributed by atoms with Gasteiger partial charge in [0.2, 0.25) is 0 Å². The van der Waals surface area contributed by atoms with Crippen molar-refractivity contribution in [2.45, 2.75) is 19.3 Å². The molecule has 0 radical (unpaired) electrons. The first kappa shape index (κ1) is 9.90. The van der Waals surface area contributed by atoms with E-state index in [1.165, 1.54) is 10.9 Å². The Bertz CT molecular complexity index is 583. The zero-order valence-corrected chi connectivity index (χ0v) is 10.3. The van der Waals surface area contributed by atoms with Crippen molar-refractivity contribution in [3.05, 3.63) is 33.9 Å². The molecule has 0 fully saturated rings. The molecule has 1 aliphatic rings. The maximum atomic E-state index is 5.43. The van der Waals surface area contributed by atoms with Crippen LogP contribution < -0.4 is 5.84 Å². The molecule has 0 saturated heterocycles. The summed E-state index contributed by atoms with van der Waals surface area (Å²) < 4.78 is 1.11. The Balaban J connectivity index is 2.33. The van der Waals surface area contributed by atoms with Crippen molar-refractivity contribution in [2.24, 2.45) is 10.9 Å². The van der Waals surface area contributed by atoms with Crippen LogP contribution in [0.3, 0.4) is 0 Å². The molecule has 1 aromatic heterocycles. The van der Waals surface area contributed by atoms with Crippen molar-refractivity contribution in [3.8, 4) is 0 Å². The number of halogens is 1. The maximum Gasteiger partial charge on any atom is 0.0837 e. The minimum absolute atomic E-state index is 0.970. The van der Waals surface area contributed by atoms with Crippen LogP contribution in [0.1, 0.15) is 24.1 Å². The van der Waals surface area contributed by atoms with Gasteiger partial charge in [0.15, 0.2) is 0 Å². The summed E-state index contributed by atoms with van der Waals surface area (Å²) in [6, 6.07) is 6.29. The third-order valence-corrected chi connectivity index (χ3v) is 3.65. The normalized spacial score (nSPS) is 17.9. The standard InChI is InChI=1S/C12H12BrN3/c13-7-4-5-10-9(6-7)8-2-1-3-11(16-14)12(8)15-10/h4-6,15H,1-3,14H2/b16-11-. The molecule has 1 aliphatic carbocycles. The number of benzene rings is 1. The lowest BCUT2D eigenvalue weighted by Crippen LogP contribution is -2.12. The predicted molar refractivity (Wildman–Crippen MR) is 69.7 cm³/mol. The van der Waals surface area contributed by atoms with Gasteiger partial charge in [-0.25, -0.2) is 0 Å². The summed E-state index contributed by atoms with van der Waals surface area (Å²) in [7, 11) is 0. The van der Waals surface area contributed by atoms with Gasteiger partial charge in [0.25, 0.3) is 0 Å². The van der Waals surface area contributed by atoms with E-state index in [1.807, 2.05) is 6.07 Å². The van der Waals surface area contributed by atoms with Gasteiger partial charge in [-0.15, -0.1) is 0 Å². The molecule has 0 aliphatic heterocycles.